The first-order valence-corrected chi connectivity index (χ1v) is 11.4. The zero-order chi connectivity index (χ0) is 23.5. The number of para-hydroxylation sites is 2. The fourth-order valence-corrected chi connectivity index (χ4v) is 4.14. The highest BCUT2D eigenvalue weighted by Gasteiger charge is 2.19. The third kappa shape index (κ3) is 5.04. The van der Waals surface area contributed by atoms with Crippen LogP contribution in [-0.2, 0) is 6.54 Å². The predicted octanol–water partition coefficient (Wildman–Crippen LogP) is 6.18. The minimum Gasteiger partial charge on any atom is -0.492 e. The van der Waals surface area contributed by atoms with Crippen LogP contribution in [0.15, 0.2) is 60.7 Å². The van der Waals surface area contributed by atoms with Gasteiger partial charge in [0.25, 0.3) is 5.91 Å². The molecule has 170 valence electrons. The Balaban J connectivity index is 1.54. The fraction of sp³-hybridized carbons (Fsp3) is 0.259. The Kier molecular flexibility index (Phi) is 6.70. The first-order valence-electron chi connectivity index (χ1n) is 11.1. The van der Waals surface area contributed by atoms with Crippen molar-refractivity contribution in [1.82, 2.24) is 14.9 Å². The number of hydrogen-bond donors (Lipinski definition) is 1. The Morgan fingerprint density at radius 3 is 2.52 bits per heavy atom. The number of nitrogens with zero attached hydrogens (tertiary/aromatic N) is 2. The maximum atomic E-state index is 12.8. The van der Waals surface area contributed by atoms with Crippen LogP contribution in [0.1, 0.15) is 45.8 Å². The van der Waals surface area contributed by atoms with Crippen LogP contribution in [0.2, 0.25) is 5.02 Å². The molecule has 4 aromatic rings. The highest BCUT2D eigenvalue weighted by molar-refractivity contribution is 6.32. The van der Waals surface area contributed by atoms with Crippen molar-refractivity contribution >= 4 is 28.5 Å². The number of amides is 1. The molecular formula is C27H28ClN3O2. The lowest BCUT2D eigenvalue weighted by Crippen LogP contribution is -2.29. The number of aryl methyl sites for hydroxylation is 3. The topological polar surface area (TPSA) is 56.2 Å². The summed E-state index contributed by atoms with van der Waals surface area (Å²) in [5.41, 5.74) is 5.58. The van der Waals surface area contributed by atoms with E-state index < -0.39 is 0 Å². The molecule has 0 aliphatic heterocycles. The van der Waals surface area contributed by atoms with Crippen LogP contribution in [0, 0.1) is 20.8 Å². The van der Waals surface area contributed by atoms with Crippen molar-refractivity contribution < 1.29 is 9.53 Å². The molecule has 1 atom stereocenters. The minimum absolute atomic E-state index is 0.117. The lowest BCUT2D eigenvalue weighted by Gasteiger charge is -2.17. The molecule has 0 fully saturated rings. The summed E-state index contributed by atoms with van der Waals surface area (Å²) in [4.78, 5) is 17.6. The van der Waals surface area contributed by atoms with Gasteiger partial charge in [-0.3, -0.25) is 4.79 Å². The average Bonchev–Trinajstić information content (AvgIpc) is 3.16. The lowest BCUT2D eigenvalue weighted by atomic mass is 10.1. The van der Waals surface area contributed by atoms with Gasteiger partial charge in [-0.15, -0.1) is 0 Å². The molecular weight excluding hydrogens is 434 g/mol. The summed E-state index contributed by atoms with van der Waals surface area (Å²) in [6, 6.07) is 19.2. The van der Waals surface area contributed by atoms with Crippen molar-refractivity contribution in [2.45, 2.75) is 40.3 Å². The van der Waals surface area contributed by atoms with Crippen molar-refractivity contribution in [3.8, 4) is 5.75 Å². The summed E-state index contributed by atoms with van der Waals surface area (Å²) in [6.07, 6.45) is 0. The van der Waals surface area contributed by atoms with Gasteiger partial charge in [-0.1, -0.05) is 41.4 Å². The summed E-state index contributed by atoms with van der Waals surface area (Å²) < 4.78 is 8.17. The zero-order valence-electron chi connectivity index (χ0n) is 19.4. The second-order valence-corrected chi connectivity index (χ2v) is 8.77. The normalized spacial score (nSPS) is 12.0. The Morgan fingerprint density at radius 2 is 1.79 bits per heavy atom. The molecule has 0 saturated heterocycles. The summed E-state index contributed by atoms with van der Waals surface area (Å²) in [6.45, 7) is 8.94. The molecule has 0 spiro atoms. The van der Waals surface area contributed by atoms with Gasteiger partial charge in [0, 0.05) is 10.6 Å². The number of carbonyl (C=O) groups excluding carboxylic acids is 1. The molecule has 3 aromatic carbocycles. The molecule has 0 radical (unpaired) electrons. The molecule has 4 rings (SSSR count). The fourth-order valence-electron chi connectivity index (χ4n) is 4.03. The summed E-state index contributed by atoms with van der Waals surface area (Å²) in [5.74, 6) is 1.47. The van der Waals surface area contributed by atoms with Crippen molar-refractivity contribution in [3.63, 3.8) is 0 Å². The summed E-state index contributed by atoms with van der Waals surface area (Å²) in [7, 11) is 0. The van der Waals surface area contributed by atoms with Crippen molar-refractivity contribution in [1.29, 1.82) is 0 Å². The van der Waals surface area contributed by atoms with E-state index in [1.807, 2.05) is 88.4 Å². The standard InChI is InChI=1S/C27H28ClN3O2/c1-17-8-7-9-21(14-17)27(32)29-20(4)26-30-23-10-5-6-11-24(23)31(26)12-13-33-22-15-18(2)25(28)19(3)16-22/h5-11,14-16,20H,12-13H2,1-4H3,(H,29,32). The molecule has 1 aromatic heterocycles. The quantitative estimate of drug-likeness (QED) is 0.357. The SMILES string of the molecule is Cc1cccc(C(=O)NC(C)c2nc3ccccc3n2CCOc2cc(C)c(Cl)c(C)c2)c1. The third-order valence-corrected chi connectivity index (χ3v) is 6.29. The number of halogens is 1. The Morgan fingerprint density at radius 1 is 1.06 bits per heavy atom. The van der Waals surface area contributed by atoms with Gasteiger partial charge >= 0.3 is 0 Å². The number of rotatable bonds is 7. The number of imidazole rings is 1. The Hall–Kier alpha value is -3.31. The van der Waals surface area contributed by atoms with Gasteiger partial charge < -0.3 is 14.6 Å². The van der Waals surface area contributed by atoms with E-state index in [0.29, 0.717) is 18.7 Å². The molecule has 1 heterocycles. The van der Waals surface area contributed by atoms with Gasteiger partial charge in [0.1, 0.15) is 18.2 Å². The van der Waals surface area contributed by atoms with Gasteiger partial charge in [0.2, 0.25) is 0 Å². The average molecular weight is 462 g/mol. The number of ether oxygens (including phenoxy) is 1. The van der Waals surface area contributed by atoms with Gasteiger partial charge in [-0.05, 0) is 75.2 Å². The maximum absolute atomic E-state index is 12.8. The second kappa shape index (κ2) is 9.67. The lowest BCUT2D eigenvalue weighted by molar-refractivity contribution is 0.0937. The van der Waals surface area contributed by atoms with E-state index in [4.69, 9.17) is 21.3 Å². The highest BCUT2D eigenvalue weighted by atomic mass is 35.5. The number of hydrogen-bond acceptors (Lipinski definition) is 3. The van der Waals surface area contributed by atoms with E-state index in [1.165, 1.54) is 0 Å². The molecule has 1 N–H and O–H groups in total. The third-order valence-electron chi connectivity index (χ3n) is 5.69. The first kappa shape index (κ1) is 22.9. The van der Waals surface area contributed by atoms with Gasteiger partial charge in [0.05, 0.1) is 23.6 Å². The smallest absolute Gasteiger partial charge is 0.251 e. The predicted molar refractivity (Wildman–Crippen MR) is 133 cm³/mol. The van der Waals surface area contributed by atoms with E-state index in [9.17, 15) is 4.79 Å². The number of carbonyl (C=O) groups is 1. The van der Waals surface area contributed by atoms with Crippen LogP contribution in [0.25, 0.3) is 11.0 Å². The van der Waals surface area contributed by atoms with Gasteiger partial charge in [0.15, 0.2) is 0 Å². The van der Waals surface area contributed by atoms with Crippen LogP contribution in [0.4, 0.5) is 0 Å². The number of benzene rings is 3. The van der Waals surface area contributed by atoms with E-state index in [2.05, 4.69) is 9.88 Å². The number of fused-ring (bicyclic) bond motifs is 1. The minimum atomic E-state index is -0.273. The van der Waals surface area contributed by atoms with Crippen LogP contribution >= 0.6 is 11.6 Å². The second-order valence-electron chi connectivity index (χ2n) is 8.39. The molecule has 33 heavy (non-hydrogen) atoms. The van der Waals surface area contributed by atoms with Crippen molar-refractivity contribution in [2.75, 3.05) is 6.61 Å². The Bertz CT molecular complexity index is 1290. The first-order chi connectivity index (χ1) is 15.8. The van der Waals surface area contributed by atoms with Crippen molar-refractivity contribution in [2.24, 2.45) is 0 Å². The number of aromatic nitrogens is 2. The largest absolute Gasteiger partial charge is 0.492 e. The Labute approximate surface area is 199 Å². The molecule has 5 nitrogen and oxygen atoms in total. The monoisotopic (exact) mass is 461 g/mol. The van der Waals surface area contributed by atoms with E-state index in [-0.39, 0.29) is 11.9 Å². The summed E-state index contributed by atoms with van der Waals surface area (Å²) in [5, 5.41) is 3.86. The molecule has 1 amide bonds. The van der Waals surface area contributed by atoms with Crippen LogP contribution in [0.3, 0.4) is 0 Å². The molecule has 1 unspecified atom stereocenters. The molecule has 0 bridgehead atoms. The maximum Gasteiger partial charge on any atom is 0.251 e. The van der Waals surface area contributed by atoms with E-state index in [0.717, 1.165) is 44.3 Å². The molecule has 0 aliphatic rings. The van der Waals surface area contributed by atoms with E-state index in [1.54, 1.807) is 0 Å². The van der Waals surface area contributed by atoms with Crippen LogP contribution in [-0.4, -0.2) is 22.1 Å². The molecule has 6 heteroatoms. The van der Waals surface area contributed by atoms with Gasteiger partial charge in [-0.25, -0.2) is 4.98 Å². The molecule has 0 saturated carbocycles. The van der Waals surface area contributed by atoms with Crippen molar-refractivity contribution in [3.05, 3.63) is 93.8 Å². The van der Waals surface area contributed by atoms with E-state index >= 15 is 0 Å². The number of nitrogens with one attached hydrogen (secondary N) is 1. The molecule has 0 aliphatic carbocycles. The van der Waals surface area contributed by atoms with Crippen LogP contribution < -0.4 is 10.1 Å². The zero-order valence-corrected chi connectivity index (χ0v) is 20.1. The van der Waals surface area contributed by atoms with Crippen LogP contribution in [0.5, 0.6) is 5.75 Å². The summed E-state index contributed by atoms with van der Waals surface area (Å²) >= 11 is 6.28. The van der Waals surface area contributed by atoms with Gasteiger partial charge in [-0.2, -0.15) is 0 Å². The highest BCUT2D eigenvalue weighted by Crippen LogP contribution is 2.26.